The predicted molar refractivity (Wildman–Crippen MR) is 116 cm³/mol. The Balaban J connectivity index is 1.45. The zero-order valence-corrected chi connectivity index (χ0v) is 18.3. The number of carbonyl (C=O) groups excluding carboxylic acids is 4. The van der Waals surface area contributed by atoms with E-state index in [1.165, 1.54) is 4.68 Å². The smallest absolute Gasteiger partial charge is 0.359 e. The van der Waals surface area contributed by atoms with Crippen molar-refractivity contribution in [3.63, 3.8) is 0 Å². The van der Waals surface area contributed by atoms with Crippen LogP contribution in [0.15, 0.2) is 29.1 Å². The number of hydrogen-bond donors (Lipinski definition) is 2. The second-order valence-electron chi connectivity index (χ2n) is 8.25. The van der Waals surface area contributed by atoms with Crippen molar-refractivity contribution in [3.05, 3.63) is 40.3 Å². The Kier molecular flexibility index (Phi) is 6.12. The second kappa shape index (κ2) is 9.00. The van der Waals surface area contributed by atoms with E-state index in [4.69, 9.17) is 4.74 Å². The number of nitrogens with one attached hydrogen (secondary N) is 2. The van der Waals surface area contributed by atoms with Gasteiger partial charge in [0.25, 0.3) is 17.4 Å². The van der Waals surface area contributed by atoms with Gasteiger partial charge in [0.05, 0.1) is 5.39 Å². The van der Waals surface area contributed by atoms with E-state index >= 15 is 0 Å². The summed E-state index contributed by atoms with van der Waals surface area (Å²) in [6.45, 7) is 1.46. The molecule has 1 aromatic carbocycles. The van der Waals surface area contributed by atoms with Gasteiger partial charge in [0, 0.05) is 11.9 Å². The first-order valence-electron chi connectivity index (χ1n) is 11.0. The molecule has 174 valence electrons. The SMILES string of the molecule is CCCn1nc(C(=O)OCC(=O)NN2C(=O)NC3(CCCCC3)C2=O)c2ccccc2c1=O. The number of benzene rings is 1. The van der Waals surface area contributed by atoms with E-state index in [1.54, 1.807) is 24.3 Å². The summed E-state index contributed by atoms with van der Waals surface area (Å²) in [6, 6.07) is 5.80. The Hall–Kier alpha value is -3.76. The lowest BCUT2D eigenvalue weighted by molar-refractivity contribution is -0.140. The van der Waals surface area contributed by atoms with E-state index in [2.05, 4.69) is 15.8 Å². The standard InChI is InChI=1S/C22H25N5O6/c1-2-12-26-18(29)15-9-5-4-8-14(15)17(25-26)19(30)33-13-16(28)24-27-20(31)22(23-21(27)32)10-6-3-7-11-22/h4-5,8-9H,2-3,6-7,10-13H2,1H3,(H,23,32)(H,24,28). The number of imide groups is 1. The first kappa shape index (κ1) is 22.4. The molecule has 2 N–H and O–H groups in total. The number of amides is 4. The van der Waals surface area contributed by atoms with E-state index in [1.807, 2.05) is 6.92 Å². The number of carbonyl (C=O) groups is 4. The topological polar surface area (TPSA) is 140 Å². The Morgan fingerprint density at radius 3 is 2.52 bits per heavy atom. The van der Waals surface area contributed by atoms with Crippen LogP contribution in [0.5, 0.6) is 0 Å². The van der Waals surface area contributed by atoms with E-state index in [9.17, 15) is 24.0 Å². The molecule has 4 rings (SSSR count). The van der Waals surface area contributed by atoms with E-state index in [0.29, 0.717) is 41.6 Å². The van der Waals surface area contributed by atoms with Gasteiger partial charge in [-0.2, -0.15) is 10.1 Å². The lowest BCUT2D eigenvalue weighted by Crippen LogP contribution is -2.51. The van der Waals surface area contributed by atoms with Crippen molar-refractivity contribution in [2.45, 2.75) is 57.5 Å². The van der Waals surface area contributed by atoms with Crippen LogP contribution in [0.3, 0.4) is 0 Å². The summed E-state index contributed by atoms with van der Waals surface area (Å²) in [7, 11) is 0. The van der Waals surface area contributed by atoms with Gasteiger partial charge in [0.15, 0.2) is 12.3 Å². The van der Waals surface area contributed by atoms with Gasteiger partial charge < -0.3 is 10.1 Å². The van der Waals surface area contributed by atoms with Gasteiger partial charge in [-0.15, -0.1) is 0 Å². The fraction of sp³-hybridized carbons (Fsp3) is 0.455. The molecule has 1 saturated heterocycles. The van der Waals surface area contributed by atoms with Crippen molar-refractivity contribution >= 4 is 34.6 Å². The van der Waals surface area contributed by atoms with Gasteiger partial charge in [-0.1, -0.05) is 44.4 Å². The molecular weight excluding hydrogens is 430 g/mol. The number of esters is 1. The minimum absolute atomic E-state index is 0.0948. The molecule has 0 bridgehead atoms. The van der Waals surface area contributed by atoms with Crippen molar-refractivity contribution in [3.8, 4) is 0 Å². The summed E-state index contributed by atoms with van der Waals surface area (Å²) in [5, 5.41) is 8.08. The molecular formula is C22H25N5O6. The molecule has 11 nitrogen and oxygen atoms in total. The van der Waals surface area contributed by atoms with Crippen LogP contribution in [0.25, 0.3) is 10.8 Å². The summed E-state index contributed by atoms with van der Waals surface area (Å²) in [5.74, 6) is -2.25. The maximum Gasteiger partial charge on any atom is 0.359 e. The molecule has 1 spiro atoms. The molecule has 2 aromatic rings. The molecule has 11 heteroatoms. The van der Waals surface area contributed by atoms with E-state index in [0.717, 1.165) is 19.3 Å². The molecule has 1 saturated carbocycles. The zero-order valence-electron chi connectivity index (χ0n) is 18.3. The Morgan fingerprint density at radius 1 is 1.12 bits per heavy atom. The fourth-order valence-electron chi connectivity index (χ4n) is 4.32. The number of hydrogen-bond acceptors (Lipinski definition) is 7. The number of nitrogens with zero attached hydrogens (tertiary/aromatic N) is 3. The first-order chi connectivity index (χ1) is 15.9. The molecule has 2 aliphatic rings. The lowest BCUT2D eigenvalue weighted by atomic mass is 9.82. The number of hydrazine groups is 1. The normalized spacial score (nSPS) is 17.3. The molecule has 2 fully saturated rings. The highest BCUT2D eigenvalue weighted by Crippen LogP contribution is 2.32. The van der Waals surface area contributed by atoms with Crippen molar-refractivity contribution in [2.75, 3.05) is 6.61 Å². The Morgan fingerprint density at radius 2 is 1.82 bits per heavy atom. The van der Waals surface area contributed by atoms with Crippen molar-refractivity contribution < 1.29 is 23.9 Å². The van der Waals surface area contributed by atoms with E-state index in [-0.39, 0.29) is 11.3 Å². The number of urea groups is 1. The maximum atomic E-state index is 12.7. The third-order valence-corrected chi connectivity index (χ3v) is 5.94. The molecule has 1 aliphatic heterocycles. The van der Waals surface area contributed by atoms with Crippen LogP contribution < -0.4 is 16.3 Å². The average molecular weight is 455 g/mol. The number of aryl methyl sites for hydroxylation is 1. The van der Waals surface area contributed by atoms with Crippen molar-refractivity contribution in [2.24, 2.45) is 0 Å². The van der Waals surface area contributed by atoms with Gasteiger partial charge >= 0.3 is 12.0 Å². The third kappa shape index (κ3) is 4.18. The van der Waals surface area contributed by atoms with Crippen LogP contribution in [-0.4, -0.2) is 50.7 Å². The van der Waals surface area contributed by atoms with Crippen LogP contribution in [0.2, 0.25) is 0 Å². The molecule has 1 aromatic heterocycles. The summed E-state index contributed by atoms with van der Waals surface area (Å²) in [5.41, 5.74) is 0.821. The average Bonchev–Trinajstić information content (AvgIpc) is 3.03. The molecule has 2 heterocycles. The van der Waals surface area contributed by atoms with Crippen LogP contribution in [-0.2, 0) is 20.9 Å². The van der Waals surface area contributed by atoms with Crippen LogP contribution in [0.4, 0.5) is 4.79 Å². The van der Waals surface area contributed by atoms with Crippen LogP contribution in [0, 0.1) is 0 Å². The summed E-state index contributed by atoms with van der Waals surface area (Å²) in [6.07, 6.45) is 4.28. The van der Waals surface area contributed by atoms with Gasteiger partial charge in [-0.05, 0) is 25.3 Å². The van der Waals surface area contributed by atoms with Crippen LogP contribution >= 0.6 is 0 Å². The maximum absolute atomic E-state index is 12.7. The quantitative estimate of drug-likeness (QED) is 0.493. The lowest BCUT2D eigenvalue weighted by Gasteiger charge is -2.30. The number of aromatic nitrogens is 2. The molecule has 0 unspecified atom stereocenters. The summed E-state index contributed by atoms with van der Waals surface area (Å²) >= 11 is 0. The molecule has 33 heavy (non-hydrogen) atoms. The Labute approximate surface area is 189 Å². The minimum atomic E-state index is -0.977. The van der Waals surface area contributed by atoms with Gasteiger partial charge in [-0.25, -0.2) is 14.3 Å². The van der Waals surface area contributed by atoms with Gasteiger partial charge in [0.2, 0.25) is 0 Å². The molecule has 1 aliphatic carbocycles. The van der Waals surface area contributed by atoms with Gasteiger partial charge in [0.1, 0.15) is 5.54 Å². The first-order valence-corrected chi connectivity index (χ1v) is 11.0. The molecule has 4 amide bonds. The minimum Gasteiger partial charge on any atom is -0.451 e. The molecule has 0 radical (unpaired) electrons. The zero-order chi connectivity index (χ0) is 23.6. The largest absolute Gasteiger partial charge is 0.451 e. The molecule has 0 atom stereocenters. The monoisotopic (exact) mass is 455 g/mol. The van der Waals surface area contributed by atoms with Crippen LogP contribution in [0.1, 0.15) is 55.9 Å². The summed E-state index contributed by atoms with van der Waals surface area (Å²) in [4.78, 5) is 62.6. The second-order valence-corrected chi connectivity index (χ2v) is 8.25. The number of rotatable bonds is 6. The highest BCUT2D eigenvalue weighted by molar-refractivity contribution is 6.08. The highest BCUT2D eigenvalue weighted by atomic mass is 16.5. The predicted octanol–water partition coefficient (Wildman–Crippen LogP) is 1.25. The number of ether oxygens (including phenoxy) is 1. The third-order valence-electron chi connectivity index (χ3n) is 5.94. The Bertz CT molecular complexity index is 1180. The fourth-order valence-corrected chi connectivity index (χ4v) is 4.32. The summed E-state index contributed by atoms with van der Waals surface area (Å²) < 4.78 is 6.28. The van der Waals surface area contributed by atoms with Crippen molar-refractivity contribution in [1.82, 2.24) is 25.5 Å². The van der Waals surface area contributed by atoms with E-state index < -0.39 is 36.0 Å². The highest BCUT2D eigenvalue weighted by Gasteiger charge is 2.52. The van der Waals surface area contributed by atoms with Gasteiger partial charge in [-0.3, -0.25) is 19.8 Å². The van der Waals surface area contributed by atoms with Crippen molar-refractivity contribution in [1.29, 1.82) is 0 Å². The number of fused-ring (bicyclic) bond motifs is 1.